The lowest BCUT2D eigenvalue weighted by molar-refractivity contribution is -0.118. The van der Waals surface area contributed by atoms with Crippen LogP contribution >= 0.6 is 0 Å². The summed E-state index contributed by atoms with van der Waals surface area (Å²) in [4.78, 5) is 24.3. The van der Waals surface area contributed by atoms with Crippen LogP contribution in [0.4, 0.5) is 5.69 Å². The maximum Gasteiger partial charge on any atom is 0.232 e. The molecular formula is C18H17NO3. The summed E-state index contributed by atoms with van der Waals surface area (Å²) in [6.45, 7) is 2.01. The van der Waals surface area contributed by atoms with Gasteiger partial charge in [-0.2, -0.15) is 0 Å². The van der Waals surface area contributed by atoms with Crippen molar-refractivity contribution in [3.8, 4) is 5.75 Å². The minimum atomic E-state index is -0.259. The van der Waals surface area contributed by atoms with Crippen molar-refractivity contribution in [1.82, 2.24) is 0 Å². The van der Waals surface area contributed by atoms with Crippen LogP contribution in [0.15, 0.2) is 48.5 Å². The number of benzene rings is 2. The number of ether oxygens (including phenoxy) is 1. The van der Waals surface area contributed by atoms with Crippen molar-refractivity contribution in [2.45, 2.75) is 19.3 Å². The van der Waals surface area contributed by atoms with Crippen LogP contribution in [0.25, 0.3) is 0 Å². The van der Waals surface area contributed by atoms with Crippen LogP contribution in [0.5, 0.6) is 5.75 Å². The van der Waals surface area contributed by atoms with E-state index in [4.69, 9.17) is 4.74 Å². The molecule has 4 heteroatoms. The predicted molar refractivity (Wildman–Crippen MR) is 84.4 cm³/mol. The van der Waals surface area contributed by atoms with E-state index in [1.807, 2.05) is 24.3 Å². The van der Waals surface area contributed by atoms with Gasteiger partial charge in [-0.25, -0.2) is 0 Å². The van der Waals surface area contributed by atoms with E-state index in [1.165, 1.54) is 6.92 Å². The van der Waals surface area contributed by atoms with Gasteiger partial charge in [-0.1, -0.05) is 30.3 Å². The van der Waals surface area contributed by atoms with Crippen LogP contribution in [0.2, 0.25) is 0 Å². The number of amides is 1. The molecule has 0 saturated heterocycles. The van der Waals surface area contributed by atoms with Crippen molar-refractivity contribution in [3.63, 3.8) is 0 Å². The van der Waals surface area contributed by atoms with Gasteiger partial charge in [-0.3, -0.25) is 9.59 Å². The van der Waals surface area contributed by atoms with Crippen LogP contribution in [0.1, 0.15) is 35.2 Å². The Hall–Kier alpha value is -2.62. The van der Waals surface area contributed by atoms with Crippen molar-refractivity contribution in [2.24, 2.45) is 0 Å². The monoisotopic (exact) mass is 295 g/mol. The lowest BCUT2D eigenvalue weighted by atomic mass is 9.92. The molecule has 112 valence electrons. The third-order valence-corrected chi connectivity index (χ3v) is 3.84. The van der Waals surface area contributed by atoms with Gasteiger partial charge in [0.15, 0.2) is 5.78 Å². The molecule has 1 heterocycles. The number of hydrogen-bond donors (Lipinski definition) is 1. The van der Waals surface area contributed by atoms with Gasteiger partial charge >= 0.3 is 0 Å². The quantitative estimate of drug-likeness (QED) is 0.883. The molecule has 3 rings (SSSR count). The van der Waals surface area contributed by atoms with Gasteiger partial charge in [0.25, 0.3) is 0 Å². The Morgan fingerprint density at radius 1 is 1.09 bits per heavy atom. The van der Waals surface area contributed by atoms with Crippen LogP contribution in [-0.2, 0) is 4.79 Å². The molecule has 0 radical (unpaired) electrons. The second kappa shape index (κ2) is 6.02. The van der Waals surface area contributed by atoms with Crippen molar-refractivity contribution >= 4 is 17.4 Å². The standard InChI is InChI=1S/C18H17NO3/c1-12(20)13-6-2-4-8-16(13)19-18(21)15-10-11-22-17-9-5-3-7-14(15)17/h2-9,15H,10-11H2,1H3,(H,19,21). The SMILES string of the molecule is CC(=O)c1ccccc1NC(=O)C1CCOc2ccccc21. The van der Waals surface area contributed by atoms with Gasteiger partial charge in [0.2, 0.25) is 5.91 Å². The molecule has 2 aromatic rings. The Kier molecular flexibility index (Phi) is 3.92. The maximum atomic E-state index is 12.6. The number of rotatable bonds is 3. The average molecular weight is 295 g/mol. The molecule has 0 fully saturated rings. The highest BCUT2D eigenvalue weighted by molar-refractivity contribution is 6.05. The second-order valence-corrected chi connectivity index (χ2v) is 5.32. The summed E-state index contributed by atoms with van der Waals surface area (Å²) in [5, 5.41) is 2.89. The van der Waals surface area contributed by atoms with E-state index in [2.05, 4.69) is 5.32 Å². The minimum absolute atomic E-state index is 0.0664. The zero-order valence-corrected chi connectivity index (χ0v) is 12.3. The maximum absolute atomic E-state index is 12.6. The van der Waals surface area contributed by atoms with Gasteiger partial charge in [0.1, 0.15) is 5.75 Å². The fourth-order valence-electron chi connectivity index (χ4n) is 2.73. The number of fused-ring (bicyclic) bond motifs is 1. The first-order chi connectivity index (χ1) is 10.7. The average Bonchev–Trinajstić information content (AvgIpc) is 2.54. The summed E-state index contributed by atoms with van der Waals surface area (Å²) in [7, 11) is 0. The first-order valence-electron chi connectivity index (χ1n) is 7.29. The molecule has 1 N–H and O–H groups in total. The van der Waals surface area contributed by atoms with Crippen LogP contribution in [-0.4, -0.2) is 18.3 Å². The molecule has 22 heavy (non-hydrogen) atoms. The van der Waals surface area contributed by atoms with Gasteiger partial charge in [-0.05, 0) is 31.5 Å². The van der Waals surface area contributed by atoms with Crippen molar-refractivity contribution in [3.05, 3.63) is 59.7 Å². The fourth-order valence-corrected chi connectivity index (χ4v) is 2.73. The fraction of sp³-hybridized carbons (Fsp3) is 0.222. The molecule has 1 unspecified atom stereocenters. The largest absolute Gasteiger partial charge is 0.493 e. The van der Waals surface area contributed by atoms with Crippen LogP contribution < -0.4 is 10.1 Å². The van der Waals surface area contributed by atoms with Gasteiger partial charge < -0.3 is 10.1 Å². The van der Waals surface area contributed by atoms with E-state index >= 15 is 0 Å². The molecule has 1 aliphatic heterocycles. The van der Waals surface area contributed by atoms with Crippen LogP contribution in [0.3, 0.4) is 0 Å². The molecule has 2 aromatic carbocycles. The molecular weight excluding hydrogens is 278 g/mol. The van der Waals surface area contributed by atoms with Gasteiger partial charge in [0, 0.05) is 11.1 Å². The molecule has 0 saturated carbocycles. The highest BCUT2D eigenvalue weighted by Crippen LogP contribution is 2.34. The zero-order valence-electron chi connectivity index (χ0n) is 12.3. The number of hydrogen-bond acceptors (Lipinski definition) is 3. The Labute approximate surface area is 129 Å². The molecule has 0 spiro atoms. The number of ketones is 1. The van der Waals surface area contributed by atoms with E-state index in [9.17, 15) is 9.59 Å². The zero-order chi connectivity index (χ0) is 15.5. The second-order valence-electron chi connectivity index (χ2n) is 5.32. The van der Waals surface area contributed by atoms with Crippen molar-refractivity contribution in [2.75, 3.05) is 11.9 Å². The number of nitrogens with one attached hydrogen (secondary N) is 1. The number of anilines is 1. The molecule has 1 amide bonds. The number of carbonyl (C=O) groups excluding carboxylic acids is 2. The summed E-state index contributed by atoms with van der Waals surface area (Å²) in [5.74, 6) is 0.325. The van der Waals surface area contributed by atoms with E-state index in [-0.39, 0.29) is 17.6 Å². The summed E-state index contributed by atoms with van der Waals surface area (Å²) < 4.78 is 5.58. The summed E-state index contributed by atoms with van der Waals surface area (Å²) in [5.41, 5.74) is 1.98. The Morgan fingerprint density at radius 2 is 1.82 bits per heavy atom. The van der Waals surface area contributed by atoms with Crippen molar-refractivity contribution in [1.29, 1.82) is 0 Å². The Morgan fingerprint density at radius 3 is 2.64 bits per heavy atom. The lowest BCUT2D eigenvalue weighted by Gasteiger charge is -2.25. The summed E-state index contributed by atoms with van der Waals surface area (Å²) in [6, 6.07) is 14.6. The molecule has 0 aromatic heterocycles. The Bertz CT molecular complexity index is 724. The first kappa shape index (κ1) is 14.3. The molecule has 4 nitrogen and oxygen atoms in total. The summed E-state index contributed by atoms with van der Waals surface area (Å²) >= 11 is 0. The normalized spacial score (nSPS) is 16.3. The minimum Gasteiger partial charge on any atom is -0.493 e. The van der Waals surface area contributed by atoms with E-state index in [0.717, 1.165) is 11.3 Å². The van der Waals surface area contributed by atoms with E-state index in [0.29, 0.717) is 24.3 Å². The molecule has 0 bridgehead atoms. The molecule has 0 aliphatic carbocycles. The third-order valence-electron chi connectivity index (χ3n) is 3.84. The van der Waals surface area contributed by atoms with E-state index < -0.39 is 0 Å². The number of para-hydroxylation sites is 2. The molecule has 1 atom stereocenters. The topological polar surface area (TPSA) is 55.4 Å². The first-order valence-corrected chi connectivity index (χ1v) is 7.29. The van der Waals surface area contributed by atoms with E-state index in [1.54, 1.807) is 24.3 Å². The van der Waals surface area contributed by atoms with Gasteiger partial charge in [-0.15, -0.1) is 0 Å². The third kappa shape index (κ3) is 2.72. The lowest BCUT2D eigenvalue weighted by Crippen LogP contribution is -2.27. The highest BCUT2D eigenvalue weighted by atomic mass is 16.5. The number of carbonyl (C=O) groups is 2. The number of Topliss-reactive ketones (excluding diaryl/α,β-unsaturated/α-hetero) is 1. The smallest absolute Gasteiger partial charge is 0.232 e. The van der Waals surface area contributed by atoms with Gasteiger partial charge in [0.05, 0.1) is 18.2 Å². The highest BCUT2D eigenvalue weighted by Gasteiger charge is 2.27. The molecule has 1 aliphatic rings. The van der Waals surface area contributed by atoms with Crippen molar-refractivity contribution < 1.29 is 14.3 Å². The Balaban J connectivity index is 1.86. The summed E-state index contributed by atoms with van der Waals surface area (Å²) in [6.07, 6.45) is 0.630. The van der Waals surface area contributed by atoms with Crippen LogP contribution in [0, 0.1) is 0 Å². The predicted octanol–water partition coefficient (Wildman–Crippen LogP) is 3.39.